The van der Waals surface area contributed by atoms with Gasteiger partial charge in [0.25, 0.3) is 0 Å². The lowest BCUT2D eigenvalue weighted by Crippen LogP contribution is -2.17. The molecule has 1 N–H and O–H groups in total. The Bertz CT molecular complexity index is 612. The van der Waals surface area contributed by atoms with E-state index in [-0.39, 0.29) is 0 Å². The lowest BCUT2D eigenvalue weighted by atomic mass is 10.0. The molecule has 2 aromatic heterocycles. The SMILES string of the molecule is c1cnc2c(c1)nc(CC1CCNC1)n2CC1CCSC1. The summed E-state index contributed by atoms with van der Waals surface area (Å²) >= 11 is 2.08. The Hall–Kier alpha value is -1.07. The maximum atomic E-state index is 4.88. The normalized spacial score (nSPS) is 25.9. The number of nitrogens with one attached hydrogen (secondary N) is 1. The molecule has 112 valence electrons. The molecule has 21 heavy (non-hydrogen) atoms. The predicted molar refractivity (Wildman–Crippen MR) is 87.6 cm³/mol. The molecule has 2 aliphatic heterocycles. The molecule has 2 unspecified atom stereocenters. The number of fused-ring (bicyclic) bond motifs is 1. The molecule has 0 spiro atoms. The monoisotopic (exact) mass is 302 g/mol. The maximum absolute atomic E-state index is 4.88. The van der Waals surface area contributed by atoms with Crippen LogP contribution in [-0.2, 0) is 13.0 Å². The van der Waals surface area contributed by atoms with Crippen LogP contribution in [0.2, 0.25) is 0 Å². The van der Waals surface area contributed by atoms with Crippen molar-refractivity contribution in [3.05, 3.63) is 24.2 Å². The van der Waals surface area contributed by atoms with Gasteiger partial charge in [0.05, 0.1) is 0 Å². The summed E-state index contributed by atoms with van der Waals surface area (Å²) in [6, 6.07) is 4.09. The first kappa shape index (κ1) is 13.6. The van der Waals surface area contributed by atoms with Crippen molar-refractivity contribution in [2.75, 3.05) is 24.6 Å². The van der Waals surface area contributed by atoms with Crippen LogP contribution in [0.3, 0.4) is 0 Å². The molecule has 4 nitrogen and oxygen atoms in total. The average molecular weight is 302 g/mol. The summed E-state index contributed by atoms with van der Waals surface area (Å²) < 4.78 is 2.41. The van der Waals surface area contributed by atoms with Crippen molar-refractivity contribution < 1.29 is 0 Å². The zero-order valence-corrected chi connectivity index (χ0v) is 13.1. The Balaban J connectivity index is 1.65. The number of imidazole rings is 1. The van der Waals surface area contributed by atoms with E-state index in [1.807, 2.05) is 12.3 Å². The fraction of sp³-hybridized carbons (Fsp3) is 0.625. The van der Waals surface area contributed by atoms with E-state index in [1.165, 1.54) is 30.2 Å². The van der Waals surface area contributed by atoms with Crippen LogP contribution in [0.25, 0.3) is 11.2 Å². The van der Waals surface area contributed by atoms with Gasteiger partial charge in [0.1, 0.15) is 11.3 Å². The lowest BCUT2D eigenvalue weighted by molar-refractivity contribution is 0.467. The summed E-state index contributed by atoms with van der Waals surface area (Å²) in [7, 11) is 0. The van der Waals surface area contributed by atoms with Gasteiger partial charge in [0.2, 0.25) is 0 Å². The highest BCUT2D eigenvalue weighted by molar-refractivity contribution is 7.99. The highest BCUT2D eigenvalue weighted by Crippen LogP contribution is 2.27. The minimum absolute atomic E-state index is 0.735. The first-order valence-electron chi connectivity index (χ1n) is 7.99. The minimum Gasteiger partial charge on any atom is -0.316 e. The smallest absolute Gasteiger partial charge is 0.159 e. The van der Waals surface area contributed by atoms with Crippen LogP contribution in [0.4, 0.5) is 0 Å². The van der Waals surface area contributed by atoms with Crippen molar-refractivity contribution in [3.8, 4) is 0 Å². The number of pyridine rings is 1. The molecule has 4 heterocycles. The van der Waals surface area contributed by atoms with Gasteiger partial charge in [-0.15, -0.1) is 0 Å². The van der Waals surface area contributed by atoms with Gasteiger partial charge in [-0.2, -0.15) is 11.8 Å². The van der Waals surface area contributed by atoms with E-state index < -0.39 is 0 Å². The van der Waals surface area contributed by atoms with Crippen LogP contribution in [0.5, 0.6) is 0 Å². The van der Waals surface area contributed by atoms with Crippen LogP contribution in [-0.4, -0.2) is 39.1 Å². The lowest BCUT2D eigenvalue weighted by Gasteiger charge is -2.15. The minimum atomic E-state index is 0.735. The highest BCUT2D eigenvalue weighted by Gasteiger charge is 2.23. The molecule has 0 amide bonds. The summed E-state index contributed by atoms with van der Waals surface area (Å²) in [6.07, 6.45) is 5.59. The second-order valence-corrected chi connectivity index (χ2v) is 7.43. The molecular weight excluding hydrogens is 280 g/mol. The molecule has 5 heteroatoms. The second kappa shape index (κ2) is 5.97. The van der Waals surface area contributed by atoms with E-state index in [0.717, 1.165) is 49.1 Å². The zero-order chi connectivity index (χ0) is 14.1. The molecule has 2 aromatic rings. The van der Waals surface area contributed by atoms with E-state index in [1.54, 1.807) is 0 Å². The Morgan fingerprint density at radius 1 is 1.33 bits per heavy atom. The van der Waals surface area contributed by atoms with Gasteiger partial charge in [0.15, 0.2) is 5.65 Å². The Morgan fingerprint density at radius 3 is 3.14 bits per heavy atom. The maximum Gasteiger partial charge on any atom is 0.159 e. The van der Waals surface area contributed by atoms with E-state index in [4.69, 9.17) is 4.98 Å². The van der Waals surface area contributed by atoms with Gasteiger partial charge in [0, 0.05) is 19.2 Å². The highest BCUT2D eigenvalue weighted by atomic mass is 32.2. The van der Waals surface area contributed by atoms with Crippen molar-refractivity contribution >= 4 is 22.9 Å². The van der Waals surface area contributed by atoms with Gasteiger partial charge >= 0.3 is 0 Å². The van der Waals surface area contributed by atoms with Crippen molar-refractivity contribution in [3.63, 3.8) is 0 Å². The molecule has 2 aliphatic rings. The first-order valence-corrected chi connectivity index (χ1v) is 9.14. The third kappa shape index (κ3) is 2.81. The fourth-order valence-electron chi connectivity index (χ4n) is 3.49. The van der Waals surface area contributed by atoms with Gasteiger partial charge < -0.3 is 9.88 Å². The number of aromatic nitrogens is 3. The number of rotatable bonds is 4. The molecule has 0 bridgehead atoms. The third-order valence-electron chi connectivity index (χ3n) is 4.68. The third-order valence-corrected chi connectivity index (χ3v) is 5.91. The van der Waals surface area contributed by atoms with Gasteiger partial charge in [-0.25, -0.2) is 9.97 Å². The van der Waals surface area contributed by atoms with Crippen LogP contribution in [0, 0.1) is 11.8 Å². The summed E-state index contributed by atoms with van der Waals surface area (Å²) in [6.45, 7) is 3.38. The topological polar surface area (TPSA) is 42.7 Å². The van der Waals surface area contributed by atoms with E-state index >= 15 is 0 Å². The van der Waals surface area contributed by atoms with Crippen LogP contribution < -0.4 is 5.32 Å². The van der Waals surface area contributed by atoms with E-state index in [0.29, 0.717) is 0 Å². The summed E-state index contributed by atoms with van der Waals surface area (Å²) in [5.74, 6) is 5.37. The van der Waals surface area contributed by atoms with Crippen molar-refractivity contribution in [2.24, 2.45) is 11.8 Å². The standard InChI is InChI=1S/C16H22N4S/c1-2-14-16(18-5-1)20(10-13-4-7-21-11-13)15(19-14)8-12-3-6-17-9-12/h1-2,5,12-13,17H,3-4,6-11H2. The molecule has 0 aromatic carbocycles. The second-order valence-electron chi connectivity index (χ2n) is 6.28. The van der Waals surface area contributed by atoms with Gasteiger partial charge in [-0.05, 0) is 61.4 Å². The summed E-state index contributed by atoms with van der Waals surface area (Å²) in [5, 5.41) is 3.46. The molecular formula is C16H22N4S. The molecule has 2 saturated heterocycles. The quantitative estimate of drug-likeness (QED) is 0.941. The first-order chi connectivity index (χ1) is 10.4. The van der Waals surface area contributed by atoms with Crippen molar-refractivity contribution in [1.82, 2.24) is 19.9 Å². The molecule has 4 rings (SSSR count). The number of hydrogen-bond donors (Lipinski definition) is 1. The number of nitrogens with zero attached hydrogens (tertiary/aromatic N) is 3. The molecule has 2 atom stereocenters. The van der Waals surface area contributed by atoms with Crippen molar-refractivity contribution in [1.29, 1.82) is 0 Å². The Labute approximate surface area is 129 Å². The van der Waals surface area contributed by atoms with Gasteiger partial charge in [-0.1, -0.05) is 0 Å². The van der Waals surface area contributed by atoms with Crippen LogP contribution in [0.1, 0.15) is 18.7 Å². The zero-order valence-electron chi connectivity index (χ0n) is 12.3. The average Bonchev–Trinajstić information content (AvgIpc) is 3.23. The summed E-state index contributed by atoms with van der Waals surface area (Å²) in [4.78, 5) is 9.48. The molecule has 2 fully saturated rings. The predicted octanol–water partition coefficient (Wildman–Crippen LogP) is 2.34. The summed E-state index contributed by atoms with van der Waals surface area (Å²) in [5.41, 5.74) is 2.14. The Kier molecular flexibility index (Phi) is 3.86. The largest absolute Gasteiger partial charge is 0.316 e. The van der Waals surface area contributed by atoms with Crippen molar-refractivity contribution in [2.45, 2.75) is 25.8 Å². The molecule has 0 aliphatic carbocycles. The number of hydrogen-bond acceptors (Lipinski definition) is 4. The van der Waals surface area contributed by atoms with Crippen LogP contribution >= 0.6 is 11.8 Å². The molecule has 0 radical (unpaired) electrons. The molecule has 0 saturated carbocycles. The van der Waals surface area contributed by atoms with E-state index in [9.17, 15) is 0 Å². The van der Waals surface area contributed by atoms with E-state index in [2.05, 4.69) is 32.7 Å². The van der Waals surface area contributed by atoms with Gasteiger partial charge in [-0.3, -0.25) is 0 Å². The fourth-order valence-corrected chi connectivity index (χ4v) is 4.76. The van der Waals surface area contributed by atoms with Crippen LogP contribution in [0.15, 0.2) is 18.3 Å². The number of thioether (sulfide) groups is 1. The Morgan fingerprint density at radius 2 is 2.33 bits per heavy atom.